The fourth-order valence-electron chi connectivity index (χ4n) is 1.67. The fraction of sp³-hybridized carbons (Fsp3) is 0.444. The first-order valence-electron chi connectivity index (χ1n) is 4.19. The van der Waals surface area contributed by atoms with Gasteiger partial charge in [-0.2, -0.15) is 0 Å². The van der Waals surface area contributed by atoms with E-state index in [1.54, 1.807) is 0 Å². The molecule has 1 aliphatic carbocycles. The Morgan fingerprint density at radius 2 is 2.31 bits per heavy atom. The lowest BCUT2D eigenvalue weighted by molar-refractivity contribution is 0.0186. The van der Waals surface area contributed by atoms with Gasteiger partial charge in [0.05, 0.1) is 17.3 Å². The molecular formula is C9H11FN2O. The number of rotatable bonds is 1. The van der Waals surface area contributed by atoms with Crippen LogP contribution in [0.25, 0.3) is 0 Å². The normalized spacial score (nSPS) is 32.7. The largest absolute Gasteiger partial charge is 0.393 e. The summed E-state index contributed by atoms with van der Waals surface area (Å²) < 4.78 is 12.8. The molecule has 70 valence electrons. The van der Waals surface area contributed by atoms with Crippen LogP contribution in [0.15, 0.2) is 18.3 Å². The number of aliphatic hydroxyl groups excluding tert-OH is 1. The van der Waals surface area contributed by atoms with Crippen molar-refractivity contribution in [3.05, 3.63) is 29.8 Å². The van der Waals surface area contributed by atoms with E-state index < -0.39 is 5.54 Å². The van der Waals surface area contributed by atoms with Gasteiger partial charge in [-0.05, 0) is 25.0 Å². The van der Waals surface area contributed by atoms with Crippen LogP contribution >= 0.6 is 0 Å². The summed E-state index contributed by atoms with van der Waals surface area (Å²) in [7, 11) is 0. The summed E-state index contributed by atoms with van der Waals surface area (Å²) in [6, 6.07) is 2.60. The van der Waals surface area contributed by atoms with E-state index in [1.165, 1.54) is 18.3 Å². The van der Waals surface area contributed by atoms with Gasteiger partial charge in [-0.15, -0.1) is 0 Å². The molecular weight excluding hydrogens is 171 g/mol. The summed E-state index contributed by atoms with van der Waals surface area (Å²) in [5, 5.41) is 9.11. The van der Waals surface area contributed by atoms with Crippen molar-refractivity contribution in [1.82, 2.24) is 4.98 Å². The zero-order chi connectivity index (χ0) is 9.47. The highest BCUT2D eigenvalue weighted by atomic mass is 19.1. The molecule has 1 aromatic heterocycles. The summed E-state index contributed by atoms with van der Waals surface area (Å²) in [4.78, 5) is 3.99. The van der Waals surface area contributed by atoms with Gasteiger partial charge < -0.3 is 10.8 Å². The molecule has 2 rings (SSSR count). The van der Waals surface area contributed by atoms with Crippen LogP contribution in [0.5, 0.6) is 0 Å². The van der Waals surface area contributed by atoms with Gasteiger partial charge in [0, 0.05) is 6.20 Å². The number of halogens is 1. The van der Waals surface area contributed by atoms with Crippen LogP contribution in [-0.4, -0.2) is 16.2 Å². The molecule has 3 nitrogen and oxygen atoms in total. The van der Waals surface area contributed by atoms with Crippen LogP contribution in [0, 0.1) is 5.82 Å². The minimum Gasteiger partial charge on any atom is -0.393 e. The maximum Gasteiger partial charge on any atom is 0.126 e. The topological polar surface area (TPSA) is 59.1 Å². The summed E-state index contributed by atoms with van der Waals surface area (Å²) in [6.07, 6.45) is 1.95. The molecule has 0 radical (unpaired) electrons. The Balaban J connectivity index is 2.26. The molecule has 1 fully saturated rings. The summed E-state index contributed by atoms with van der Waals surface area (Å²) in [6.45, 7) is 0. The Hall–Kier alpha value is -1.00. The van der Waals surface area contributed by atoms with Crippen LogP contribution in [0.2, 0.25) is 0 Å². The first-order valence-corrected chi connectivity index (χ1v) is 4.19. The quantitative estimate of drug-likeness (QED) is 0.666. The third kappa shape index (κ3) is 1.43. The highest BCUT2D eigenvalue weighted by Crippen LogP contribution is 2.37. The van der Waals surface area contributed by atoms with Crippen LogP contribution in [0.3, 0.4) is 0 Å². The molecule has 1 heterocycles. The first-order chi connectivity index (χ1) is 6.10. The minimum atomic E-state index is -0.623. The summed E-state index contributed by atoms with van der Waals surface area (Å²) in [5.74, 6) is -0.337. The maximum atomic E-state index is 12.8. The van der Waals surface area contributed by atoms with Crippen molar-refractivity contribution in [3.8, 4) is 0 Å². The number of pyridine rings is 1. The third-order valence-corrected chi connectivity index (χ3v) is 2.43. The van der Waals surface area contributed by atoms with E-state index in [-0.39, 0.29) is 11.9 Å². The van der Waals surface area contributed by atoms with Gasteiger partial charge in [-0.3, -0.25) is 4.98 Å². The van der Waals surface area contributed by atoms with E-state index in [4.69, 9.17) is 10.8 Å². The Morgan fingerprint density at radius 3 is 2.85 bits per heavy atom. The van der Waals surface area contributed by atoms with Gasteiger partial charge in [-0.25, -0.2) is 4.39 Å². The minimum absolute atomic E-state index is 0.337. The van der Waals surface area contributed by atoms with Crippen LogP contribution < -0.4 is 5.73 Å². The second-order valence-corrected chi connectivity index (χ2v) is 3.58. The SMILES string of the molecule is NC1(c2cc(F)ccn2)CC(O)C1. The Bertz CT molecular complexity index is 323. The van der Waals surface area contributed by atoms with E-state index in [1.807, 2.05) is 0 Å². The Labute approximate surface area is 75.4 Å². The Morgan fingerprint density at radius 1 is 1.62 bits per heavy atom. The lowest BCUT2D eigenvalue weighted by Crippen LogP contribution is -2.52. The van der Waals surface area contributed by atoms with Crippen molar-refractivity contribution in [2.24, 2.45) is 5.73 Å². The monoisotopic (exact) mass is 182 g/mol. The van der Waals surface area contributed by atoms with Gasteiger partial charge in [-0.1, -0.05) is 0 Å². The second kappa shape index (κ2) is 2.75. The zero-order valence-electron chi connectivity index (χ0n) is 7.07. The highest BCUT2D eigenvalue weighted by Gasteiger charge is 2.42. The second-order valence-electron chi connectivity index (χ2n) is 3.58. The molecule has 1 aromatic rings. The van der Waals surface area contributed by atoms with Gasteiger partial charge in [0.1, 0.15) is 5.82 Å². The van der Waals surface area contributed by atoms with Crippen molar-refractivity contribution in [2.45, 2.75) is 24.5 Å². The van der Waals surface area contributed by atoms with Gasteiger partial charge >= 0.3 is 0 Å². The number of hydrogen-bond acceptors (Lipinski definition) is 3. The van der Waals surface area contributed by atoms with Crippen molar-refractivity contribution in [2.75, 3.05) is 0 Å². The number of aromatic nitrogens is 1. The van der Waals surface area contributed by atoms with E-state index >= 15 is 0 Å². The highest BCUT2D eigenvalue weighted by molar-refractivity contribution is 5.20. The molecule has 0 atom stereocenters. The van der Waals surface area contributed by atoms with Gasteiger partial charge in [0.25, 0.3) is 0 Å². The number of aliphatic hydroxyl groups is 1. The molecule has 0 saturated heterocycles. The predicted molar refractivity (Wildman–Crippen MR) is 45.3 cm³/mol. The molecule has 3 N–H and O–H groups in total. The van der Waals surface area contributed by atoms with Crippen molar-refractivity contribution >= 4 is 0 Å². The van der Waals surface area contributed by atoms with Crippen LogP contribution in [-0.2, 0) is 5.54 Å². The van der Waals surface area contributed by atoms with Crippen molar-refractivity contribution < 1.29 is 9.50 Å². The summed E-state index contributed by atoms with van der Waals surface area (Å²) >= 11 is 0. The average molecular weight is 182 g/mol. The third-order valence-electron chi connectivity index (χ3n) is 2.43. The zero-order valence-corrected chi connectivity index (χ0v) is 7.07. The molecule has 0 bridgehead atoms. The summed E-state index contributed by atoms with van der Waals surface area (Å²) in [5.41, 5.74) is 5.80. The Kier molecular flexibility index (Phi) is 1.82. The molecule has 4 heteroatoms. The lowest BCUT2D eigenvalue weighted by Gasteiger charge is -2.41. The fourth-order valence-corrected chi connectivity index (χ4v) is 1.67. The maximum absolute atomic E-state index is 12.8. The van der Waals surface area contributed by atoms with E-state index in [2.05, 4.69) is 4.98 Å². The van der Waals surface area contributed by atoms with E-state index in [0.29, 0.717) is 18.5 Å². The van der Waals surface area contributed by atoms with Gasteiger partial charge in [0.2, 0.25) is 0 Å². The first kappa shape index (κ1) is 8.59. The standard InChI is InChI=1S/C9H11FN2O/c10-6-1-2-12-8(3-6)9(11)4-7(13)5-9/h1-3,7,13H,4-5,11H2. The molecule has 13 heavy (non-hydrogen) atoms. The van der Waals surface area contributed by atoms with E-state index in [9.17, 15) is 4.39 Å². The predicted octanol–water partition coefficient (Wildman–Crippen LogP) is 0.529. The smallest absolute Gasteiger partial charge is 0.126 e. The van der Waals surface area contributed by atoms with Gasteiger partial charge in [0.15, 0.2) is 0 Å². The molecule has 0 unspecified atom stereocenters. The lowest BCUT2D eigenvalue weighted by atomic mass is 9.73. The molecule has 1 aliphatic rings. The number of nitrogens with two attached hydrogens (primary N) is 1. The molecule has 0 aromatic carbocycles. The van der Waals surface area contributed by atoms with Crippen LogP contribution in [0.4, 0.5) is 4.39 Å². The van der Waals surface area contributed by atoms with E-state index in [0.717, 1.165) is 0 Å². The van der Waals surface area contributed by atoms with Crippen molar-refractivity contribution in [1.29, 1.82) is 0 Å². The number of hydrogen-bond donors (Lipinski definition) is 2. The number of nitrogens with zero attached hydrogens (tertiary/aromatic N) is 1. The molecule has 0 aliphatic heterocycles. The van der Waals surface area contributed by atoms with Crippen molar-refractivity contribution in [3.63, 3.8) is 0 Å². The molecule has 1 saturated carbocycles. The average Bonchev–Trinajstić information content (AvgIpc) is 2.02. The molecule has 0 amide bonds. The molecule has 0 spiro atoms. The van der Waals surface area contributed by atoms with Crippen LogP contribution in [0.1, 0.15) is 18.5 Å².